The van der Waals surface area contributed by atoms with Crippen molar-refractivity contribution >= 4 is 0 Å². The molecule has 0 aliphatic heterocycles. The van der Waals surface area contributed by atoms with Crippen molar-refractivity contribution in [2.24, 2.45) is 17.8 Å². The SMILES string of the molecule is C/C=C(\C)C(F)F.C/C=C(\C)F.CC=C(C)C.CCC(C)(F)F.CCC(C)=C(F)F.CCC(C)C(F)(F)F.CCC(C)C(F)(F)F.CCC(C)C(F)F.CCC(C)F. The quantitative estimate of drug-likeness (QED) is 0.168. The van der Waals surface area contributed by atoms with Gasteiger partial charge in [0.05, 0.1) is 23.8 Å². The zero-order valence-corrected chi connectivity index (χ0v) is 38.5. The van der Waals surface area contributed by atoms with Gasteiger partial charge in [-0.25, -0.2) is 35.1 Å². The lowest BCUT2D eigenvalue weighted by atomic mass is 10.1. The Balaban J connectivity index is -0.0000000669. The van der Waals surface area contributed by atoms with Gasteiger partial charge in [0.2, 0.25) is 12.3 Å². The lowest BCUT2D eigenvalue weighted by Gasteiger charge is -2.11. The van der Waals surface area contributed by atoms with Crippen molar-refractivity contribution in [1.82, 2.24) is 0 Å². The Kier molecular flexibility index (Phi) is 62.7. The minimum Gasteiger partial charge on any atom is -0.248 e. The third-order valence-corrected chi connectivity index (χ3v) is 7.23. The summed E-state index contributed by atoms with van der Waals surface area (Å²) in [4.78, 5) is 0. The third-order valence-electron chi connectivity index (χ3n) is 7.23. The van der Waals surface area contributed by atoms with E-state index in [1.54, 1.807) is 41.5 Å². The largest absolute Gasteiger partial charge is 0.391 e. The summed E-state index contributed by atoms with van der Waals surface area (Å²) in [5.41, 5.74) is 1.70. The van der Waals surface area contributed by atoms with Crippen molar-refractivity contribution in [3.8, 4) is 0 Å². The zero-order valence-electron chi connectivity index (χ0n) is 38.5. The molecule has 0 saturated heterocycles. The second-order valence-corrected chi connectivity index (χ2v) is 13.0. The lowest BCUT2D eigenvalue weighted by Crippen LogP contribution is -2.18. The molecule has 4 unspecified atom stereocenters. The monoisotopic (exact) mass is 887 g/mol. The lowest BCUT2D eigenvalue weighted by molar-refractivity contribution is -0.170. The van der Waals surface area contributed by atoms with E-state index >= 15 is 0 Å². The summed E-state index contributed by atoms with van der Waals surface area (Å²) >= 11 is 0. The maximum Gasteiger partial charge on any atom is 0.391 e. The summed E-state index contributed by atoms with van der Waals surface area (Å²) in [5, 5.41) is 0. The summed E-state index contributed by atoms with van der Waals surface area (Å²) in [7, 11) is 0. The standard InChI is InChI=1S/2C5H9F3.C5H10F2.2C5H8F2.C5H10.C4H8F2.C4H9F.C4H7F/c2*1-3-4(2)5(6,7)8;3*1-3-4(2)5(6)7;1-4-5(2)3;1-3-4(2,5)6;2*1-3-4(2)5/h2*4H,3H2,1-2H3;4-5H,3H2,1-2H3;3H2,1-2H3;3,5H,1-2H3;4H,1-3H3;3H2,1-2H3;4H,3H2,1-2H3;3H,1-2H3/b;;;;4-3+;;;;4-3+. The van der Waals surface area contributed by atoms with Gasteiger partial charge in [0, 0.05) is 12.3 Å². The van der Waals surface area contributed by atoms with E-state index in [0.717, 1.165) is 6.92 Å². The molecule has 358 valence electrons. The summed E-state index contributed by atoms with van der Waals surface area (Å²) in [6, 6.07) is 0. The maximum absolute atomic E-state index is 11.5. The Labute approximate surface area is 342 Å². The van der Waals surface area contributed by atoms with Crippen molar-refractivity contribution in [2.75, 3.05) is 0 Å². The number of allylic oxidation sites excluding steroid dienone is 7. The highest BCUT2D eigenvalue weighted by atomic mass is 19.4. The van der Waals surface area contributed by atoms with Crippen molar-refractivity contribution in [1.29, 1.82) is 0 Å². The van der Waals surface area contributed by atoms with Crippen LogP contribution in [0.25, 0.3) is 0 Å². The van der Waals surface area contributed by atoms with Crippen molar-refractivity contribution in [3.05, 3.63) is 46.9 Å². The van der Waals surface area contributed by atoms with Crippen molar-refractivity contribution in [3.63, 3.8) is 0 Å². The van der Waals surface area contributed by atoms with Crippen molar-refractivity contribution < 1.29 is 70.2 Å². The molecule has 0 heterocycles. The first-order valence-corrected chi connectivity index (χ1v) is 19.1. The van der Waals surface area contributed by atoms with E-state index in [0.29, 0.717) is 19.3 Å². The Morgan fingerprint density at radius 3 is 0.810 bits per heavy atom. The second kappa shape index (κ2) is 47.5. The Hall–Kier alpha value is -2.16. The van der Waals surface area contributed by atoms with Crippen LogP contribution in [0.5, 0.6) is 0 Å². The molecule has 0 aromatic rings. The van der Waals surface area contributed by atoms with Gasteiger partial charge < -0.3 is 0 Å². The molecule has 0 nitrogen and oxygen atoms in total. The van der Waals surface area contributed by atoms with E-state index in [9.17, 15) is 70.2 Å². The molecule has 0 aromatic carbocycles. The smallest absolute Gasteiger partial charge is 0.248 e. The molecule has 16 heteroatoms. The fourth-order valence-corrected chi connectivity index (χ4v) is 0.901. The van der Waals surface area contributed by atoms with Crippen LogP contribution < -0.4 is 0 Å². The zero-order chi connectivity index (χ0) is 49.2. The average molecular weight is 887 g/mol. The van der Waals surface area contributed by atoms with Gasteiger partial charge in [-0.1, -0.05) is 86.1 Å². The van der Waals surface area contributed by atoms with Gasteiger partial charge in [-0.2, -0.15) is 35.1 Å². The third kappa shape index (κ3) is 90.1. The molecule has 0 bridgehead atoms. The summed E-state index contributed by atoms with van der Waals surface area (Å²) in [5.74, 6) is -5.31. The van der Waals surface area contributed by atoms with Gasteiger partial charge in [-0.15, -0.1) is 0 Å². The van der Waals surface area contributed by atoms with Crippen LogP contribution in [0.1, 0.15) is 170 Å². The van der Waals surface area contributed by atoms with Crippen LogP contribution in [0.4, 0.5) is 70.2 Å². The van der Waals surface area contributed by atoms with E-state index in [1.165, 1.54) is 73.1 Å². The van der Waals surface area contributed by atoms with E-state index in [2.05, 4.69) is 19.9 Å². The predicted molar refractivity (Wildman–Crippen MR) is 215 cm³/mol. The summed E-state index contributed by atoms with van der Waals surface area (Å²) in [6.45, 7) is 29.9. The Morgan fingerprint density at radius 2 is 0.810 bits per heavy atom. The summed E-state index contributed by atoms with van der Waals surface area (Å²) < 4.78 is 183. The van der Waals surface area contributed by atoms with E-state index in [-0.39, 0.29) is 36.2 Å². The number of rotatable bonds is 8. The van der Waals surface area contributed by atoms with E-state index in [1.807, 2.05) is 13.8 Å². The normalized spacial score (nSPS) is 13.1. The minimum atomic E-state index is -3.99. The first kappa shape index (κ1) is 76.5. The topological polar surface area (TPSA) is 0 Å². The van der Waals surface area contributed by atoms with Crippen LogP contribution in [0.2, 0.25) is 0 Å². The Morgan fingerprint density at radius 1 is 0.534 bits per heavy atom. The van der Waals surface area contributed by atoms with Crippen LogP contribution in [0.15, 0.2) is 46.9 Å². The molecule has 0 aromatic heterocycles. The van der Waals surface area contributed by atoms with Gasteiger partial charge in [0.15, 0.2) is 0 Å². The first-order valence-electron chi connectivity index (χ1n) is 19.1. The minimum absolute atomic E-state index is 0.0625. The molecule has 0 radical (unpaired) electrons. The molecular formula is C42H78F16. The average Bonchev–Trinajstić information content (AvgIpc) is 3.13. The fraction of sp³-hybridized carbons (Fsp3) is 0.810. The number of hydrogen-bond acceptors (Lipinski definition) is 0. The number of halogens is 16. The second-order valence-electron chi connectivity index (χ2n) is 13.0. The van der Waals surface area contributed by atoms with Crippen LogP contribution >= 0.6 is 0 Å². The molecule has 0 fully saturated rings. The van der Waals surface area contributed by atoms with Gasteiger partial charge in [0.25, 0.3) is 12.5 Å². The van der Waals surface area contributed by atoms with Crippen LogP contribution in [-0.4, -0.2) is 37.3 Å². The van der Waals surface area contributed by atoms with Crippen molar-refractivity contribution in [2.45, 2.75) is 207 Å². The Bertz CT molecular complexity index is 906. The van der Waals surface area contributed by atoms with Gasteiger partial charge in [0.1, 0.15) is 0 Å². The van der Waals surface area contributed by atoms with Gasteiger partial charge >= 0.3 is 12.4 Å². The number of alkyl halides is 13. The highest BCUT2D eigenvalue weighted by molar-refractivity contribution is 4.98. The molecule has 0 N–H and O–H groups in total. The fourth-order valence-electron chi connectivity index (χ4n) is 0.901. The van der Waals surface area contributed by atoms with Gasteiger partial charge in [-0.3, -0.25) is 0 Å². The van der Waals surface area contributed by atoms with Gasteiger partial charge in [-0.05, 0) is 112 Å². The molecule has 0 spiro atoms. The molecule has 0 aliphatic rings. The predicted octanol–water partition coefficient (Wildman–Crippen LogP) is 19.9. The van der Waals surface area contributed by atoms with E-state index in [4.69, 9.17) is 0 Å². The molecule has 58 heavy (non-hydrogen) atoms. The molecular weight excluding hydrogens is 808 g/mol. The molecule has 0 rings (SSSR count). The molecule has 0 saturated carbocycles. The highest BCUT2D eigenvalue weighted by Crippen LogP contribution is 2.28. The maximum atomic E-state index is 11.5. The molecule has 0 aliphatic carbocycles. The molecule has 0 amide bonds. The first-order chi connectivity index (χ1) is 25.9. The number of hydrogen-bond donors (Lipinski definition) is 0. The van der Waals surface area contributed by atoms with E-state index < -0.39 is 61.1 Å². The summed E-state index contributed by atoms with van der Waals surface area (Å²) in [6.07, 6.45) is -7.71. The molecule has 4 atom stereocenters. The van der Waals surface area contributed by atoms with Crippen LogP contribution in [-0.2, 0) is 0 Å². The van der Waals surface area contributed by atoms with Crippen LogP contribution in [0.3, 0.4) is 0 Å². The van der Waals surface area contributed by atoms with Crippen LogP contribution in [0, 0.1) is 17.8 Å². The highest BCUT2D eigenvalue weighted by Gasteiger charge is 2.34.